The van der Waals surface area contributed by atoms with Gasteiger partial charge in [0.05, 0.1) is 12.6 Å². The smallest absolute Gasteiger partial charge is 0.237 e. The van der Waals surface area contributed by atoms with Gasteiger partial charge in [0.15, 0.2) is 17.3 Å². The minimum atomic E-state index is -0.326. The van der Waals surface area contributed by atoms with Crippen molar-refractivity contribution in [1.82, 2.24) is 10.2 Å². The number of likely N-dealkylation sites (tertiary alicyclic amines) is 1. The van der Waals surface area contributed by atoms with Gasteiger partial charge >= 0.3 is 0 Å². The van der Waals surface area contributed by atoms with Crippen molar-refractivity contribution in [3.8, 4) is 11.5 Å². The van der Waals surface area contributed by atoms with Crippen LogP contribution in [0, 0.1) is 0 Å². The minimum absolute atomic E-state index is 0.0762. The molecule has 0 aliphatic carbocycles. The topological polar surface area (TPSA) is 89.9 Å². The summed E-state index contributed by atoms with van der Waals surface area (Å²) in [5.74, 6) is -0.855. The summed E-state index contributed by atoms with van der Waals surface area (Å²) in [6.07, 6.45) is 1.58. The summed E-state index contributed by atoms with van der Waals surface area (Å²) in [5, 5.41) is 21.8. The molecule has 0 radical (unpaired) electrons. The first kappa shape index (κ1) is 17.9. The standard InChI is InChI=1S/C20H22N2O4/c23-17-9-8-15(11-18(17)24)19(25)13-22-10-4-7-16(22)20(26)21-12-14-5-2-1-3-6-14/h1-3,5-6,8-9,11,16,23-24H,4,7,10,12-13H2,(H,21,26)/t16-/m0/s1. The quantitative estimate of drug-likeness (QED) is 0.546. The highest BCUT2D eigenvalue weighted by Gasteiger charge is 2.31. The maximum Gasteiger partial charge on any atom is 0.237 e. The molecule has 0 unspecified atom stereocenters. The zero-order chi connectivity index (χ0) is 18.5. The van der Waals surface area contributed by atoms with Crippen molar-refractivity contribution in [3.05, 3.63) is 59.7 Å². The number of benzene rings is 2. The molecule has 0 spiro atoms. The Bertz CT molecular complexity index is 792. The van der Waals surface area contributed by atoms with E-state index < -0.39 is 0 Å². The molecule has 1 amide bonds. The van der Waals surface area contributed by atoms with Crippen LogP contribution < -0.4 is 5.32 Å². The van der Waals surface area contributed by atoms with Gasteiger partial charge in [-0.05, 0) is 43.1 Å². The van der Waals surface area contributed by atoms with Gasteiger partial charge in [-0.1, -0.05) is 30.3 Å². The fraction of sp³-hybridized carbons (Fsp3) is 0.300. The number of Topliss-reactive ketones (excluding diaryl/α,β-unsaturated/α-hetero) is 1. The number of amides is 1. The summed E-state index contributed by atoms with van der Waals surface area (Å²) in [4.78, 5) is 26.8. The molecule has 2 aromatic rings. The molecule has 0 bridgehead atoms. The fourth-order valence-corrected chi connectivity index (χ4v) is 3.19. The maximum absolute atomic E-state index is 12.5. The molecule has 0 aromatic heterocycles. The number of carbonyl (C=O) groups excluding carboxylic acids is 2. The second-order valence-electron chi connectivity index (χ2n) is 6.46. The Kier molecular flexibility index (Phi) is 5.53. The number of nitrogens with one attached hydrogen (secondary N) is 1. The van der Waals surface area contributed by atoms with E-state index in [0.717, 1.165) is 12.0 Å². The molecule has 6 heteroatoms. The molecular weight excluding hydrogens is 332 g/mol. The molecule has 2 aromatic carbocycles. The molecule has 1 aliphatic heterocycles. The Balaban J connectivity index is 1.59. The van der Waals surface area contributed by atoms with Crippen LogP contribution in [0.2, 0.25) is 0 Å². The minimum Gasteiger partial charge on any atom is -0.504 e. The number of rotatable bonds is 6. The van der Waals surface area contributed by atoms with Crippen LogP contribution in [0.4, 0.5) is 0 Å². The Hall–Kier alpha value is -2.86. The highest BCUT2D eigenvalue weighted by molar-refractivity contribution is 5.98. The molecule has 26 heavy (non-hydrogen) atoms. The number of phenols is 2. The Morgan fingerprint density at radius 1 is 1.08 bits per heavy atom. The van der Waals surface area contributed by atoms with E-state index in [-0.39, 0.29) is 35.8 Å². The number of phenolic OH excluding ortho intramolecular Hbond substituents is 2. The molecule has 3 rings (SSSR count). The highest BCUT2D eigenvalue weighted by atomic mass is 16.3. The van der Waals surface area contributed by atoms with Gasteiger partial charge in [0.2, 0.25) is 5.91 Å². The third-order valence-electron chi connectivity index (χ3n) is 4.62. The molecule has 6 nitrogen and oxygen atoms in total. The predicted molar refractivity (Wildman–Crippen MR) is 97.0 cm³/mol. The van der Waals surface area contributed by atoms with E-state index in [4.69, 9.17) is 0 Å². The summed E-state index contributed by atoms with van der Waals surface area (Å²) < 4.78 is 0. The van der Waals surface area contributed by atoms with Crippen LogP contribution in [0.3, 0.4) is 0 Å². The average molecular weight is 354 g/mol. The van der Waals surface area contributed by atoms with Crippen LogP contribution in [0.25, 0.3) is 0 Å². The van der Waals surface area contributed by atoms with Gasteiger partial charge in [-0.3, -0.25) is 14.5 Å². The van der Waals surface area contributed by atoms with Crippen LogP contribution in [-0.2, 0) is 11.3 Å². The number of hydrogen-bond donors (Lipinski definition) is 3. The third-order valence-corrected chi connectivity index (χ3v) is 4.62. The predicted octanol–water partition coefficient (Wildman–Crippen LogP) is 2.06. The van der Waals surface area contributed by atoms with Crippen molar-refractivity contribution >= 4 is 11.7 Å². The number of nitrogens with zero attached hydrogens (tertiary/aromatic N) is 1. The van der Waals surface area contributed by atoms with Gasteiger partial charge in [-0.2, -0.15) is 0 Å². The van der Waals surface area contributed by atoms with Crippen molar-refractivity contribution in [2.45, 2.75) is 25.4 Å². The van der Waals surface area contributed by atoms with E-state index in [0.29, 0.717) is 25.1 Å². The second kappa shape index (κ2) is 8.01. The lowest BCUT2D eigenvalue weighted by molar-refractivity contribution is -0.125. The van der Waals surface area contributed by atoms with Gasteiger partial charge in [0.1, 0.15) is 0 Å². The molecular formula is C20H22N2O4. The van der Waals surface area contributed by atoms with Crippen molar-refractivity contribution in [2.24, 2.45) is 0 Å². The highest BCUT2D eigenvalue weighted by Crippen LogP contribution is 2.26. The van der Waals surface area contributed by atoms with Gasteiger partial charge in [0, 0.05) is 12.1 Å². The molecule has 1 saturated heterocycles. The van der Waals surface area contributed by atoms with Crippen LogP contribution in [0.15, 0.2) is 48.5 Å². The zero-order valence-electron chi connectivity index (χ0n) is 14.4. The number of aromatic hydroxyl groups is 2. The van der Waals surface area contributed by atoms with Crippen molar-refractivity contribution in [2.75, 3.05) is 13.1 Å². The molecule has 1 atom stereocenters. The first-order chi connectivity index (χ1) is 12.5. The Labute approximate surface area is 152 Å². The lowest BCUT2D eigenvalue weighted by Crippen LogP contribution is -2.44. The molecule has 1 fully saturated rings. The number of ketones is 1. The molecule has 1 aliphatic rings. The van der Waals surface area contributed by atoms with Gasteiger partial charge in [0.25, 0.3) is 0 Å². The first-order valence-corrected chi connectivity index (χ1v) is 8.65. The third kappa shape index (κ3) is 4.21. The normalized spacial score (nSPS) is 17.2. The van der Waals surface area contributed by atoms with Gasteiger partial charge in [-0.15, -0.1) is 0 Å². The fourth-order valence-electron chi connectivity index (χ4n) is 3.19. The van der Waals surface area contributed by atoms with E-state index in [1.54, 1.807) is 0 Å². The lowest BCUT2D eigenvalue weighted by Gasteiger charge is -2.23. The summed E-state index contributed by atoms with van der Waals surface area (Å²) in [6, 6.07) is 13.4. The first-order valence-electron chi connectivity index (χ1n) is 8.65. The monoisotopic (exact) mass is 354 g/mol. The number of hydrogen-bond acceptors (Lipinski definition) is 5. The van der Waals surface area contributed by atoms with Crippen LogP contribution in [-0.4, -0.2) is 45.9 Å². The summed E-state index contributed by atoms with van der Waals surface area (Å²) in [7, 11) is 0. The van der Waals surface area contributed by atoms with Crippen LogP contribution >= 0.6 is 0 Å². The van der Waals surface area contributed by atoms with E-state index in [1.807, 2.05) is 35.2 Å². The van der Waals surface area contributed by atoms with Gasteiger partial charge in [-0.25, -0.2) is 0 Å². The van der Waals surface area contributed by atoms with Crippen molar-refractivity contribution in [1.29, 1.82) is 0 Å². The van der Waals surface area contributed by atoms with E-state index in [9.17, 15) is 19.8 Å². The summed E-state index contributed by atoms with van der Waals surface area (Å²) in [6.45, 7) is 1.25. The molecule has 3 N–H and O–H groups in total. The number of carbonyl (C=O) groups is 2. The largest absolute Gasteiger partial charge is 0.504 e. The summed E-state index contributed by atoms with van der Waals surface area (Å²) in [5.41, 5.74) is 1.34. The molecule has 136 valence electrons. The van der Waals surface area contributed by atoms with E-state index in [1.165, 1.54) is 18.2 Å². The van der Waals surface area contributed by atoms with Crippen molar-refractivity contribution < 1.29 is 19.8 Å². The van der Waals surface area contributed by atoms with E-state index >= 15 is 0 Å². The van der Waals surface area contributed by atoms with E-state index in [2.05, 4.69) is 5.32 Å². The second-order valence-corrected chi connectivity index (χ2v) is 6.46. The van der Waals surface area contributed by atoms with Crippen LogP contribution in [0.5, 0.6) is 11.5 Å². The lowest BCUT2D eigenvalue weighted by atomic mass is 10.1. The van der Waals surface area contributed by atoms with Gasteiger partial charge < -0.3 is 15.5 Å². The molecule has 0 saturated carbocycles. The zero-order valence-corrected chi connectivity index (χ0v) is 14.4. The Morgan fingerprint density at radius 2 is 1.85 bits per heavy atom. The molecule has 1 heterocycles. The Morgan fingerprint density at radius 3 is 2.58 bits per heavy atom. The maximum atomic E-state index is 12.5. The average Bonchev–Trinajstić information content (AvgIpc) is 3.11. The van der Waals surface area contributed by atoms with Crippen LogP contribution in [0.1, 0.15) is 28.8 Å². The SMILES string of the molecule is O=C(CN1CCC[C@H]1C(=O)NCc1ccccc1)c1ccc(O)c(O)c1. The summed E-state index contributed by atoms with van der Waals surface area (Å²) >= 11 is 0. The van der Waals surface area contributed by atoms with Crippen molar-refractivity contribution in [3.63, 3.8) is 0 Å².